The number of para-hydroxylation sites is 2. The van der Waals surface area contributed by atoms with Crippen LogP contribution in [0.4, 0.5) is 5.82 Å². The summed E-state index contributed by atoms with van der Waals surface area (Å²) >= 11 is 6.50. The van der Waals surface area contributed by atoms with E-state index in [0.717, 1.165) is 47.9 Å². The summed E-state index contributed by atoms with van der Waals surface area (Å²) in [6, 6.07) is 10.1. The topological polar surface area (TPSA) is 54.3 Å². The van der Waals surface area contributed by atoms with Crippen molar-refractivity contribution in [2.45, 2.75) is 20.4 Å². The number of pyridine rings is 1. The van der Waals surface area contributed by atoms with Crippen molar-refractivity contribution in [3.63, 3.8) is 0 Å². The number of amides is 1. The van der Waals surface area contributed by atoms with Crippen LogP contribution in [0.3, 0.4) is 0 Å². The van der Waals surface area contributed by atoms with E-state index in [2.05, 4.69) is 27.4 Å². The highest BCUT2D eigenvalue weighted by Crippen LogP contribution is 2.32. The van der Waals surface area contributed by atoms with E-state index in [0.29, 0.717) is 18.1 Å². The lowest BCUT2D eigenvalue weighted by atomic mass is 10.2. The summed E-state index contributed by atoms with van der Waals surface area (Å²) in [6.45, 7) is 7.47. The van der Waals surface area contributed by atoms with Gasteiger partial charge in [0.2, 0.25) is 5.91 Å². The number of imidazole rings is 1. The molecule has 6 nitrogen and oxygen atoms in total. The quantitative estimate of drug-likeness (QED) is 0.695. The van der Waals surface area contributed by atoms with Crippen molar-refractivity contribution in [2.75, 3.05) is 31.1 Å². The SMILES string of the molecule is CCn1c(-c2cc(N3CCN(C(C)=O)CC3)ncc2Cl)nc2ccccc21. The molecule has 1 fully saturated rings. The zero-order valence-corrected chi connectivity index (χ0v) is 16.3. The number of carbonyl (C=O) groups is 1. The Hall–Kier alpha value is -2.60. The Kier molecular flexibility index (Phi) is 4.74. The minimum Gasteiger partial charge on any atom is -0.353 e. The molecule has 0 aliphatic carbocycles. The third-order valence-corrected chi connectivity index (χ3v) is 5.40. The second kappa shape index (κ2) is 7.19. The van der Waals surface area contributed by atoms with Crippen molar-refractivity contribution in [1.29, 1.82) is 0 Å². The normalized spacial score (nSPS) is 14.8. The standard InChI is InChI=1S/C20H22ClN5O/c1-3-26-18-7-5-4-6-17(18)23-20(26)15-12-19(22-13-16(15)21)25-10-8-24(9-11-25)14(2)27/h4-7,12-13H,3,8-11H2,1-2H3. The van der Waals surface area contributed by atoms with Gasteiger partial charge in [-0.15, -0.1) is 0 Å². The number of hydrogen-bond donors (Lipinski definition) is 0. The number of anilines is 1. The van der Waals surface area contributed by atoms with E-state index in [1.807, 2.05) is 29.2 Å². The van der Waals surface area contributed by atoms with Crippen LogP contribution >= 0.6 is 11.6 Å². The second-order valence-corrected chi connectivity index (χ2v) is 7.09. The van der Waals surface area contributed by atoms with Gasteiger partial charge in [0.15, 0.2) is 0 Å². The first-order chi connectivity index (χ1) is 13.1. The Bertz CT molecular complexity index is 991. The van der Waals surface area contributed by atoms with Gasteiger partial charge in [-0.25, -0.2) is 9.97 Å². The second-order valence-electron chi connectivity index (χ2n) is 6.68. The van der Waals surface area contributed by atoms with Crippen LogP contribution in [-0.2, 0) is 11.3 Å². The molecule has 0 N–H and O–H groups in total. The highest BCUT2D eigenvalue weighted by atomic mass is 35.5. The predicted molar refractivity (Wildman–Crippen MR) is 108 cm³/mol. The third-order valence-electron chi connectivity index (χ3n) is 5.10. The molecule has 1 saturated heterocycles. The van der Waals surface area contributed by atoms with Crippen LogP contribution in [0.5, 0.6) is 0 Å². The van der Waals surface area contributed by atoms with Gasteiger partial charge in [0.05, 0.1) is 16.1 Å². The minimum atomic E-state index is 0.121. The van der Waals surface area contributed by atoms with E-state index >= 15 is 0 Å². The molecule has 7 heteroatoms. The fourth-order valence-corrected chi connectivity index (χ4v) is 3.81. The molecule has 1 aliphatic rings. The number of carbonyl (C=O) groups excluding carboxylic acids is 1. The summed E-state index contributed by atoms with van der Waals surface area (Å²) in [5.74, 6) is 1.85. The Morgan fingerprint density at radius 1 is 1.19 bits per heavy atom. The number of hydrogen-bond acceptors (Lipinski definition) is 4. The molecule has 0 atom stereocenters. The average Bonchev–Trinajstić information content (AvgIpc) is 3.07. The maximum absolute atomic E-state index is 11.5. The van der Waals surface area contributed by atoms with Gasteiger partial charge in [-0.05, 0) is 25.1 Å². The molecule has 4 rings (SSSR count). The van der Waals surface area contributed by atoms with Crippen molar-refractivity contribution >= 4 is 34.4 Å². The summed E-state index contributed by atoms with van der Waals surface area (Å²) in [6.07, 6.45) is 1.70. The van der Waals surface area contributed by atoms with E-state index < -0.39 is 0 Å². The van der Waals surface area contributed by atoms with Gasteiger partial charge in [0, 0.05) is 51.4 Å². The van der Waals surface area contributed by atoms with Gasteiger partial charge >= 0.3 is 0 Å². The zero-order chi connectivity index (χ0) is 19.0. The third kappa shape index (κ3) is 3.25. The van der Waals surface area contributed by atoms with Crippen LogP contribution in [0.15, 0.2) is 36.5 Å². The number of aryl methyl sites for hydroxylation is 1. The van der Waals surface area contributed by atoms with Gasteiger partial charge in [0.25, 0.3) is 0 Å². The monoisotopic (exact) mass is 383 g/mol. The molecule has 3 aromatic rings. The molecular weight excluding hydrogens is 362 g/mol. The van der Waals surface area contributed by atoms with Gasteiger partial charge in [0.1, 0.15) is 11.6 Å². The van der Waals surface area contributed by atoms with Crippen molar-refractivity contribution in [1.82, 2.24) is 19.4 Å². The molecule has 2 aromatic heterocycles. The number of rotatable bonds is 3. The first-order valence-corrected chi connectivity index (χ1v) is 9.58. The van der Waals surface area contributed by atoms with E-state index in [1.165, 1.54) is 0 Å². The number of benzene rings is 1. The van der Waals surface area contributed by atoms with Crippen LogP contribution in [-0.4, -0.2) is 51.5 Å². The molecule has 0 unspecified atom stereocenters. The van der Waals surface area contributed by atoms with Crippen molar-refractivity contribution in [3.05, 3.63) is 41.6 Å². The van der Waals surface area contributed by atoms with Crippen LogP contribution in [0.2, 0.25) is 5.02 Å². The summed E-state index contributed by atoms with van der Waals surface area (Å²) in [5, 5.41) is 0.589. The highest BCUT2D eigenvalue weighted by molar-refractivity contribution is 6.33. The predicted octanol–water partition coefficient (Wildman–Crippen LogP) is 3.44. The summed E-state index contributed by atoms with van der Waals surface area (Å²) in [7, 11) is 0. The van der Waals surface area contributed by atoms with Crippen molar-refractivity contribution < 1.29 is 4.79 Å². The average molecular weight is 384 g/mol. The lowest BCUT2D eigenvalue weighted by molar-refractivity contribution is -0.129. The first-order valence-electron chi connectivity index (χ1n) is 9.20. The maximum Gasteiger partial charge on any atom is 0.219 e. The minimum absolute atomic E-state index is 0.121. The highest BCUT2D eigenvalue weighted by Gasteiger charge is 2.21. The smallest absolute Gasteiger partial charge is 0.219 e. The van der Waals surface area contributed by atoms with Gasteiger partial charge in [-0.2, -0.15) is 0 Å². The van der Waals surface area contributed by atoms with Gasteiger partial charge in [-0.1, -0.05) is 23.7 Å². The maximum atomic E-state index is 11.5. The fraction of sp³-hybridized carbons (Fsp3) is 0.350. The molecule has 1 amide bonds. The number of piperazine rings is 1. The Balaban J connectivity index is 1.71. The Morgan fingerprint density at radius 2 is 1.93 bits per heavy atom. The Labute approximate surface area is 163 Å². The molecule has 0 radical (unpaired) electrons. The summed E-state index contributed by atoms with van der Waals surface area (Å²) in [5.41, 5.74) is 2.94. The van der Waals surface area contributed by atoms with E-state index in [1.54, 1.807) is 13.1 Å². The molecule has 140 valence electrons. The number of nitrogens with zero attached hydrogens (tertiary/aromatic N) is 5. The van der Waals surface area contributed by atoms with Gasteiger partial charge in [-0.3, -0.25) is 4.79 Å². The van der Waals surface area contributed by atoms with E-state index in [-0.39, 0.29) is 5.91 Å². The van der Waals surface area contributed by atoms with Crippen LogP contribution < -0.4 is 4.90 Å². The molecule has 0 saturated carbocycles. The van der Waals surface area contributed by atoms with E-state index in [9.17, 15) is 4.79 Å². The van der Waals surface area contributed by atoms with Crippen LogP contribution in [0.25, 0.3) is 22.4 Å². The summed E-state index contributed by atoms with van der Waals surface area (Å²) in [4.78, 5) is 24.9. The molecule has 1 aliphatic heterocycles. The van der Waals surface area contributed by atoms with Gasteiger partial charge < -0.3 is 14.4 Å². The lowest BCUT2D eigenvalue weighted by Gasteiger charge is -2.35. The molecule has 0 spiro atoms. The molecule has 1 aromatic carbocycles. The molecule has 3 heterocycles. The number of aromatic nitrogens is 3. The van der Waals surface area contributed by atoms with E-state index in [4.69, 9.17) is 16.6 Å². The molecule has 0 bridgehead atoms. The van der Waals surface area contributed by atoms with Crippen molar-refractivity contribution in [2.24, 2.45) is 0 Å². The van der Waals surface area contributed by atoms with Crippen LogP contribution in [0, 0.1) is 0 Å². The lowest BCUT2D eigenvalue weighted by Crippen LogP contribution is -2.48. The fourth-order valence-electron chi connectivity index (χ4n) is 3.62. The molecular formula is C20H22ClN5O. The van der Waals surface area contributed by atoms with Crippen molar-refractivity contribution in [3.8, 4) is 11.4 Å². The summed E-state index contributed by atoms with van der Waals surface area (Å²) < 4.78 is 2.17. The largest absolute Gasteiger partial charge is 0.353 e. The van der Waals surface area contributed by atoms with Crippen LogP contribution in [0.1, 0.15) is 13.8 Å². The molecule has 27 heavy (non-hydrogen) atoms. The number of halogens is 1. The zero-order valence-electron chi connectivity index (χ0n) is 15.5. The first kappa shape index (κ1) is 17.8. The number of fused-ring (bicyclic) bond motifs is 1. The Morgan fingerprint density at radius 3 is 2.63 bits per heavy atom.